The zero-order chi connectivity index (χ0) is 11.5. The quantitative estimate of drug-likeness (QED) is 0.851. The predicted octanol–water partition coefficient (Wildman–Crippen LogP) is 2.03. The molecule has 0 amide bonds. The van der Waals surface area contributed by atoms with Crippen molar-refractivity contribution < 1.29 is 0 Å². The van der Waals surface area contributed by atoms with Crippen LogP contribution in [0.15, 0.2) is 36.5 Å². The third kappa shape index (κ3) is 1.86. The smallest absolute Gasteiger partial charge is 0.0725 e. The molecule has 3 heteroatoms. The van der Waals surface area contributed by atoms with Crippen LogP contribution < -0.4 is 5.73 Å². The fraction of sp³-hybridized carbons (Fsp3) is 0.308. The van der Waals surface area contributed by atoms with Gasteiger partial charge in [0, 0.05) is 13.2 Å². The van der Waals surface area contributed by atoms with Gasteiger partial charge in [-0.2, -0.15) is 5.10 Å². The Morgan fingerprint density at radius 1 is 1.31 bits per heavy atom. The van der Waals surface area contributed by atoms with Crippen LogP contribution in [-0.2, 0) is 13.5 Å². The van der Waals surface area contributed by atoms with E-state index >= 15 is 0 Å². The normalized spacial score (nSPS) is 12.7. The summed E-state index contributed by atoms with van der Waals surface area (Å²) in [4.78, 5) is 0. The number of hydrogen-bond acceptors (Lipinski definition) is 2. The number of aromatic nitrogens is 2. The predicted molar refractivity (Wildman–Crippen MR) is 65.1 cm³/mol. The summed E-state index contributed by atoms with van der Waals surface area (Å²) in [5.74, 6) is 0. The molecule has 1 aromatic carbocycles. The Kier molecular flexibility index (Phi) is 3.06. The van der Waals surface area contributed by atoms with Gasteiger partial charge in [0.25, 0.3) is 0 Å². The summed E-state index contributed by atoms with van der Waals surface area (Å²) in [5, 5.41) is 4.16. The minimum absolute atomic E-state index is 0.0938. The molecule has 84 valence electrons. The molecule has 0 aliphatic rings. The van der Waals surface area contributed by atoms with Gasteiger partial charge in [0.15, 0.2) is 0 Å². The Morgan fingerprint density at radius 3 is 2.69 bits per heavy atom. The summed E-state index contributed by atoms with van der Waals surface area (Å²) in [5.41, 5.74) is 9.81. The highest BCUT2D eigenvalue weighted by atomic mass is 15.3. The zero-order valence-corrected chi connectivity index (χ0v) is 9.72. The molecule has 2 rings (SSSR count). The van der Waals surface area contributed by atoms with Crippen molar-refractivity contribution in [2.45, 2.75) is 19.4 Å². The maximum atomic E-state index is 6.28. The van der Waals surface area contributed by atoms with Gasteiger partial charge in [-0.05, 0) is 23.6 Å². The molecule has 16 heavy (non-hydrogen) atoms. The van der Waals surface area contributed by atoms with Crippen LogP contribution in [0.4, 0.5) is 0 Å². The van der Waals surface area contributed by atoms with Crippen molar-refractivity contribution in [2.24, 2.45) is 12.8 Å². The van der Waals surface area contributed by atoms with E-state index in [0.29, 0.717) is 0 Å². The van der Waals surface area contributed by atoms with E-state index in [0.717, 1.165) is 12.1 Å². The van der Waals surface area contributed by atoms with Crippen molar-refractivity contribution in [1.82, 2.24) is 9.78 Å². The van der Waals surface area contributed by atoms with Gasteiger partial charge in [0.1, 0.15) is 0 Å². The van der Waals surface area contributed by atoms with E-state index in [1.165, 1.54) is 11.1 Å². The molecule has 0 bridgehead atoms. The van der Waals surface area contributed by atoms with Crippen molar-refractivity contribution in [1.29, 1.82) is 0 Å². The lowest BCUT2D eigenvalue weighted by molar-refractivity contribution is 0.670. The van der Waals surface area contributed by atoms with Gasteiger partial charge in [-0.1, -0.05) is 31.2 Å². The Balaban J connectivity index is 2.41. The Labute approximate surface area is 95.9 Å². The van der Waals surface area contributed by atoms with Gasteiger partial charge >= 0.3 is 0 Å². The molecular formula is C13H17N3. The lowest BCUT2D eigenvalue weighted by Crippen LogP contribution is -2.17. The number of nitrogens with zero attached hydrogens (tertiary/aromatic N) is 2. The van der Waals surface area contributed by atoms with Crippen LogP contribution in [0.25, 0.3) is 0 Å². The highest BCUT2D eigenvalue weighted by Crippen LogP contribution is 2.22. The van der Waals surface area contributed by atoms with Gasteiger partial charge in [-0.25, -0.2) is 0 Å². The van der Waals surface area contributed by atoms with Crippen LogP contribution in [0, 0.1) is 0 Å². The monoisotopic (exact) mass is 215 g/mol. The highest BCUT2D eigenvalue weighted by molar-refractivity contribution is 5.34. The van der Waals surface area contributed by atoms with Gasteiger partial charge in [-0.15, -0.1) is 0 Å². The van der Waals surface area contributed by atoms with Crippen LogP contribution in [0.3, 0.4) is 0 Å². The van der Waals surface area contributed by atoms with Gasteiger partial charge < -0.3 is 5.73 Å². The van der Waals surface area contributed by atoms with Crippen molar-refractivity contribution in [2.75, 3.05) is 0 Å². The molecule has 1 atom stereocenters. The summed E-state index contributed by atoms with van der Waals surface area (Å²) >= 11 is 0. The summed E-state index contributed by atoms with van der Waals surface area (Å²) in [7, 11) is 1.92. The van der Waals surface area contributed by atoms with Crippen LogP contribution in [0.2, 0.25) is 0 Å². The molecule has 1 aromatic heterocycles. The zero-order valence-electron chi connectivity index (χ0n) is 9.72. The second-order valence-electron chi connectivity index (χ2n) is 3.91. The standard InChI is InChI=1S/C13H17N3/c1-3-10-6-4-5-7-11(10)13(14)12-8-9-15-16(12)2/h4-9,13H,3,14H2,1-2H3. The third-order valence-corrected chi connectivity index (χ3v) is 2.95. The molecule has 2 aromatic rings. The molecule has 1 heterocycles. The van der Waals surface area contributed by atoms with E-state index in [2.05, 4.69) is 30.2 Å². The first-order valence-electron chi connectivity index (χ1n) is 5.55. The fourth-order valence-electron chi connectivity index (χ4n) is 2.01. The van der Waals surface area contributed by atoms with Crippen molar-refractivity contribution in [3.8, 4) is 0 Å². The largest absolute Gasteiger partial charge is 0.319 e. The summed E-state index contributed by atoms with van der Waals surface area (Å²) in [6.45, 7) is 2.15. The number of hydrogen-bond donors (Lipinski definition) is 1. The molecule has 0 saturated carbocycles. The Bertz CT molecular complexity index is 474. The lowest BCUT2D eigenvalue weighted by Gasteiger charge is -2.16. The molecule has 3 nitrogen and oxygen atoms in total. The highest BCUT2D eigenvalue weighted by Gasteiger charge is 2.14. The molecule has 1 unspecified atom stereocenters. The number of rotatable bonds is 3. The molecule has 0 saturated heterocycles. The van der Waals surface area contributed by atoms with Crippen LogP contribution in [0.1, 0.15) is 29.8 Å². The summed E-state index contributed by atoms with van der Waals surface area (Å²) < 4.78 is 1.83. The first-order chi connectivity index (χ1) is 7.74. The van der Waals surface area contributed by atoms with E-state index in [9.17, 15) is 0 Å². The Morgan fingerprint density at radius 2 is 2.06 bits per heavy atom. The molecular weight excluding hydrogens is 198 g/mol. The molecule has 0 aliphatic heterocycles. The average Bonchev–Trinajstić information content (AvgIpc) is 2.74. The second-order valence-corrected chi connectivity index (χ2v) is 3.91. The van der Waals surface area contributed by atoms with E-state index in [-0.39, 0.29) is 6.04 Å². The minimum atomic E-state index is -0.0938. The molecule has 0 aliphatic carbocycles. The first-order valence-corrected chi connectivity index (χ1v) is 5.55. The van der Waals surface area contributed by atoms with Crippen molar-refractivity contribution in [3.05, 3.63) is 53.3 Å². The number of benzene rings is 1. The number of nitrogens with two attached hydrogens (primary N) is 1. The van der Waals surface area contributed by atoms with E-state index in [1.807, 2.05) is 23.9 Å². The van der Waals surface area contributed by atoms with Gasteiger partial charge in [0.2, 0.25) is 0 Å². The number of aryl methyl sites for hydroxylation is 2. The Hall–Kier alpha value is -1.61. The maximum Gasteiger partial charge on any atom is 0.0725 e. The van der Waals surface area contributed by atoms with Gasteiger partial charge in [0.05, 0.1) is 11.7 Å². The maximum absolute atomic E-state index is 6.28. The van der Waals surface area contributed by atoms with E-state index in [1.54, 1.807) is 6.20 Å². The van der Waals surface area contributed by atoms with Crippen LogP contribution >= 0.6 is 0 Å². The summed E-state index contributed by atoms with van der Waals surface area (Å²) in [6.07, 6.45) is 2.78. The summed E-state index contributed by atoms with van der Waals surface area (Å²) in [6, 6.07) is 10.2. The minimum Gasteiger partial charge on any atom is -0.319 e. The second kappa shape index (κ2) is 4.49. The van der Waals surface area contributed by atoms with Crippen molar-refractivity contribution >= 4 is 0 Å². The van der Waals surface area contributed by atoms with E-state index in [4.69, 9.17) is 5.73 Å². The topological polar surface area (TPSA) is 43.8 Å². The molecule has 0 fully saturated rings. The molecule has 0 radical (unpaired) electrons. The fourth-order valence-corrected chi connectivity index (χ4v) is 2.01. The van der Waals surface area contributed by atoms with Crippen LogP contribution in [-0.4, -0.2) is 9.78 Å². The SMILES string of the molecule is CCc1ccccc1C(N)c1ccnn1C. The third-order valence-electron chi connectivity index (χ3n) is 2.95. The first kappa shape index (κ1) is 10.9. The van der Waals surface area contributed by atoms with Crippen molar-refractivity contribution in [3.63, 3.8) is 0 Å². The molecule has 2 N–H and O–H groups in total. The molecule has 0 spiro atoms. The van der Waals surface area contributed by atoms with Crippen LogP contribution in [0.5, 0.6) is 0 Å². The lowest BCUT2D eigenvalue weighted by atomic mass is 9.97. The van der Waals surface area contributed by atoms with E-state index < -0.39 is 0 Å². The average molecular weight is 215 g/mol. The van der Waals surface area contributed by atoms with Gasteiger partial charge in [-0.3, -0.25) is 4.68 Å².